The van der Waals surface area contributed by atoms with E-state index in [2.05, 4.69) is 218 Å². The minimum atomic E-state index is -4.23. The number of benzene rings is 7. The Morgan fingerprint density at radius 3 is 0.679 bits per heavy atom. The van der Waals surface area contributed by atoms with Crippen LogP contribution in [0.4, 0.5) is 13.2 Å². The minimum absolute atomic E-state index is 0.483. The van der Waals surface area contributed by atoms with Crippen LogP contribution in [0.25, 0.3) is 0 Å². The first-order valence-electron chi connectivity index (χ1n) is 18.0. The van der Waals surface area contributed by atoms with E-state index in [-0.39, 0.29) is 0 Å². The van der Waals surface area contributed by atoms with Crippen molar-refractivity contribution in [3.8, 4) is 0 Å². The second-order valence-corrected chi connectivity index (χ2v) is 17.9. The Kier molecular flexibility index (Phi) is 17.6. The molecule has 7 rings (SSSR count). The molecule has 0 nitrogen and oxygen atoms in total. The predicted octanol–water partition coefficient (Wildman–Crippen LogP) is 11.9. The molecule has 0 N–H and O–H groups in total. The molecule has 0 aliphatic heterocycles. The van der Waals surface area contributed by atoms with Gasteiger partial charge in [-0.3, -0.25) is 0 Å². The molecule has 0 radical (unpaired) electrons. The third-order valence-electron chi connectivity index (χ3n) is 8.80. The van der Waals surface area contributed by atoms with Crippen molar-refractivity contribution in [1.82, 2.24) is 0 Å². The predicted molar refractivity (Wildman–Crippen MR) is 235 cm³/mol. The van der Waals surface area contributed by atoms with Crippen LogP contribution in [0, 0.1) is 47.6 Å². The molecule has 0 spiro atoms. The van der Waals surface area contributed by atoms with Gasteiger partial charge in [0.05, 0.1) is 0 Å². The first-order chi connectivity index (χ1) is 26.9. The fourth-order valence-corrected chi connectivity index (χ4v) is 10.1. The van der Waals surface area contributed by atoms with Crippen LogP contribution in [0.5, 0.6) is 0 Å². The van der Waals surface area contributed by atoms with E-state index < -0.39 is 27.6 Å². The molecule has 0 atom stereocenters. The van der Waals surface area contributed by atoms with Gasteiger partial charge in [0.2, 0.25) is 0 Å². The zero-order chi connectivity index (χ0) is 40.7. The van der Waals surface area contributed by atoms with E-state index in [4.69, 9.17) is 0 Å². The topological polar surface area (TPSA) is 0 Å². The first kappa shape index (κ1) is 44.7. The van der Waals surface area contributed by atoms with Crippen LogP contribution in [0.1, 0.15) is 38.9 Å². The summed E-state index contributed by atoms with van der Waals surface area (Å²) in [5.74, 6) is 0. The van der Waals surface area contributed by atoms with Gasteiger partial charge in [0, 0.05) is 0 Å². The number of aryl methyl sites for hydroxylation is 6. The third-order valence-corrected chi connectivity index (χ3v) is 13.7. The van der Waals surface area contributed by atoms with Crippen molar-refractivity contribution in [2.24, 2.45) is 0 Å². The van der Waals surface area contributed by atoms with Gasteiger partial charge in [-0.2, -0.15) is 43.5 Å². The zero-order valence-corrected chi connectivity index (χ0v) is 35.9. The maximum atomic E-state index is 11.8. The number of hydrogen-bond donors (Lipinski definition) is 0. The summed E-state index contributed by atoms with van der Waals surface area (Å²) in [5, 5.41) is 8.46. The molecule has 0 saturated carbocycles. The molecular weight excluding hydrogens is 802 g/mol. The second kappa shape index (κ2) is 22.1. The van der Waals surface area contributed by atoms with Gasteiger partial charge >= 0.3 is 30.9 Å². The van der Waals surface area contributed by atoms with Gasteiger partial charge in [-0.1, -0.05) is 185 Å². The summed E-state index contributed by atoms with van der Waals surface area (Å²) < 4.78 is 35.3. The third kappa shape index (κ3) is 13.6. The van der Waals surface area contributed by atoms with E-state index in [0.717, 1.165) is 12.1 Å². The molecule has 56 heavy (non-hydrogen) atoms. The fraction of sp³-hybridized carbons (Fsp3) is 0.143. The average Bonchev–Trinajstić information content (AvgIpc) is 3.21. The molecular formula is C49H46ClF3NiP2-. The molecule has 0 amide bonds. The summed E-state index contributed by atoms with van der Waals surface area (Å²) in [4.78, 5) is 0. The van der Waals surface area contributed by atoms with Crippen LogP contribution >= 0.6 is 26.0 Å². The molecule has 7 aromatic rings. The Balaban J connectivity index is 0.000000194. The van der Waals surface area contributed by atoms with Gasteiger partial charge in [-0.25, -0.2) is 0 Å². The Morgan fingerprint density at radius 2 is 0.536 bits per heavy atom. The van der Waals surface area contributed by atoms with Crippen molar-refractivity contribution in [3.63, 3.8) is 0 Å². The van der Waals surface area contributed by atoms with Crippen molar-refractivity contribution >= 4 is 57.9 Å². The number of alkyl halides is 3. The second-order valence-electron chi connectivity index (χ2n) is 13.5. The van der Waals surface area contributed by atoms with Crippen LogP contribution in [0.2, 0.25) is 0 Å². The molecule has 0 unspecified atom stereocenters. The molecule has 7 aromatic carbocycles. The average molecular weight is 848 g/mol. The van der Waals surface area contributed by atoms with Crippen molar-refractivity contribution in [1.29, 1.82) is 0 Å². The van der Waals surface area contributed by atoms with Crippen LogP contribution in [-0.4, -0.2) is 0 Å². The summed E-state index contributed by atoms with van der Waals surface area (Å²) >= 11 is 3.35. The summed E-state index contributed by atoms with van der Waals surface area (Å²) in [6.45, 7) is 12.9. The SMILES string of the molecule is Cc1ccc(P(c2ccc(C)cc2)c2ccc(C)cc2)cc1.Cc1ccc(P(c2ccc(C)cc2)c2ccc(C)cc2)cc1.FC(F)(F)c1cc[c-]cc1.[Cl][Ni]. The van der Waals surface area contributed by atoms with E-state index >= 15 is 0 Å². The molecule has 0 bridgehead atoms. The molecule has 7 heteroatoms. The molecule has 0 heterocycles. The van der Waals surface area contributed by atoms with Crippen LogP contribution in [0.3, 0.4) is 0 Å². The van der Waals surface area contributed by atoms with Gasteiger partial charge in [0.1, 0.15) is 0 Å². The molecule has 0 fully saturated rings. The van der Waals surface area contributed by atoms with E-state index in [1.54, 1.807) is 0 Å². The van der Waals surface area contributed by atoms with E-state index in [9.17, 15) is 13.2 Å². The Labute approximate surface area is 346 Å². The summed E-state index contributed by atoms with van der Waals surface area (Å²) in [6, 6.07) is 60.9. The van der Waals surface area contributed by atoms with E-state index in [1.807, 2.05) is 0 Å². The maximum absolute atomic E-state index is 11.8. The van der Waals surface area contributed by atoms with Gasteiger partial charge in [-0.05, 0) is 89.2 Å². The zero-order valence-electron chi connectivity index (χ0n) is 32.4. The summed E-state index contributed by atoms with van der Waals surface area (Å²) in [6.07, 6.45) is -4.23. The summed E-state index contributed by atoms with van der Waals surface area (Å²) in [7, 11) is 3.30. The summed E-state index contributed by atoms with van der Waals surface area (Å²) in [5.41, 5.74) is 7.24. The van der Waals surface area contributed by atoms with Gasteiger partial charge in [-0.15, -0.1) is 0 Å². The van der Waals surface area contributed by atoms with Crippen LogP contribution in [-0.2, 0) is 20.7 Å². The van der Waals surface area contributed by atoms with Gasteiger partial charge in [0.25, 0.3) is 0 Å². The molecule has 0 saturated heterocycles. The molecule has 0 aliphatic carbocycles. The molecule has 0 aromatic heterocycles. The molecule has 0 aliphatic rings. The van der Waals surface area contributed by atoms with E-state index in [1.165, 1.54) is 77.3 Å². The fourth-order valence-electron chi connectivity index (χ4n) is 5.63. The standard InChI is InChI=1S/2C21H21P.C7H4F3.ClH.Ni/c2*1-16-4-10-19(11-5-16)22(20-12-6-17(2)7-13-20)21-14-8-18(3)9-15-21;8-7(9,10)6-4-2-1-3-5-6;;/h2*4-15H,1-3H3;2-5H;1H;/q;;-1;;+1/p-1. The first-order valence-corrected chi connectivity index (χ1v) is 22.1. The Bertz CT molecular complexity index is 1820. The normalized spacial score (nSPS) is 10.8. The number of halogens is 4. The Morgan fingerprint density at radius 1 is 0.357 bits per heavy atom. The Hall–Kier alpha value is -4.03. The van der Waals surface area contributed by atoms with Crippen LogP contribution < -0.4 is 31.8 Å². The van der Waals surface area contributed by atoms with Gasteiger partial charge in [0.15, 0.2) is 0 Å². The molecule has 291 valence electrons. The van der Waals surface area contributed by atoms with Crippen molar-refractivity contribution in [3.05, 3.63) is 215 Å². The van der Waals surface area contributed by atoms with Gasteiger partial charge < -0.3 is 0 Å². The number of rotatable bonds is 6. The number of hydrogen-bond acceptors (Lipinski definition) is 0. The monoisotopic (exact) mass is 846 g/mol. The van der Waals surface area contributed by atoms with Crippen molar-refractivity contribution in [2.45, 2.75) is 47.7 Å². The van der Waals surface area contributed by atoms with Crippen molar-refractivity contribution in [2.75, 3.05) is 0 Å². The van der Waals surface area contributed by atoms with E-state index in [0.29, 0.717) is 0 Å². The quantitative estimate of drug-likeness (QED) is 0.0889. The van der Waals surface area contributed by atoms with Crippen LogP contribution in [0.15, 0.2) is 170 Å². The van der Waals surface area contributed by atoms with Crippen molar-refractivity contribution < 1.29 is 27.7 Å².